The van der Waals surface area contributed by atoms with Crippen LogP contribution in [0, 0.1) is 0 Å². The number of aromatic nitrogens is 1. The third-order valence-electron chi connectivity index (χ3n) is 1.11. The zero-order valence-corrected chi connectivity index (χ0v) is 7.53. The molecule has 0 saturated carbocycles. The van der Waals surface area contributed by atoms with Gasteiger partial charge in [0.05, 0.1) is 10.6 Å². The second kappa shape index (κ2) is 3.45. The van der Waals surface area contributed by atoms with Gasteiger partial charge in [-0.15, -0.1) is 0 Å². The molecule has 0 amide bonds. The lowest BCUT2D eigenvalue weighted by Gasteiger charge is -2.02. The van der Waals surface area contributed by atoms with Crippen LogP contribution in [0.1, 0.15) is 12.0 Å². The molecule has 1 rings (SSSR count). The highest BCUT2D eigenvalue weighted by molar-refractivity contribution is 9.10. The zero-order valence-electron chi connectivity index (χ0n) is 5.19. The van der Waals surface area contributed by atoms with E-state index in [4.69, 9.17) is 11.6 Å². The van der Waals surface area contributed by atoms with Crippen LogP contribution in [-0.4, -0.2) is 4.98 Å². The first-order valence-corrected chi connectivity index (χ1v) is 3.88. The fourth-order valence-corrected chi connectivity index (χ4v) is 1.47. The number of rotatable bonds is 1. The molecule has 1 aromatic rings. The molecule has 60 valence electrons. The molecule has 1 aromatic heterocycles. The minimum absolute atomic E-state index is 0.0295. The second-order valence-electron chi connectivity index (χ2n) is 1.80. The van der Waals surface area contributed by atoms with Crippen LogP contribution in [0.25, 0.3) is 0 Å². The van der Waals surface area contributed by atoms with Crippen molar-refractivity contribution in [3.8, 4) is 0 Å². The van der Waals surface area contributed by atoms with Crippen LogP contribution in [0.4, 0.5) is 8.78 Å². The summed E-state index contributed by atoms with van der Waals surface area (Å²) in [5.41, 5.74) is -0.255. The summed E-state index contributed by atoms with van der Waals surface area (Å²) in [6.07, 6.45) is -1.23. The van der Waals surface area contributed by atoms with Crippen LogP contribution in [0.15, 0.2) is 16.9 Å². The van der Waals surface area contributed by atoms with E-state index in [1.165, 1.54) is 12.3 Å². The average molecular weight is 242 g/mol. The van der Waals surface area contributed by atoms with Crippen LogP contribution < -0.4 is 0 Å². The Morgan fingerprint density at radius 2 is 2.18 bits per heavy atom. The van der Waals surface area contributed by atoms with Crippen molar-refractivity contribution >= 4 is 27.5 Å². The van der Waals surface area contributed by atoms with Gasteiger partial charge in [0.25, 0.3) is 6.43 Å². The molecule has 11 heavy (non-hydrogen) atoms. The summed E-state index contributed by atoms with van der Waals surface area (Å²) in [4.78, 5) is 3.61. The molecule has 0 aromatic carbocycles. The van der Waals surface area contributed by atoms with E-state index >= 15 is 0 Å². The summed E-state index contributed by atoms with van der Waals surface area (Å²) in [5.74, 6) is 0. The summed E-state index contributed by atoms with van der Waals surface area (Å²) in [6, 6.07) is 1.33. The van der Waals surface area contributed by atoms with Gasteiger partial charge >= 0.3 is 0 Å². The Kier molecular flexibility index (Phi) is 2.78. The van der Waals surface area contributed by atoms with Crippen molar-refractivity contribution < 1.29 is 8.78 Å². The third-order valence-corrected chi connectivity index (χ3v) is 2.07. The SMILES string of the molecule is FC(F)c1c(Cl)ccnc1Br. The standard InChI is InChI=1S/C6H3BrClF2N/c7-5-4(6(9)10)3(8)1-2-11-5/h1-2,6H. The molecule has 0 unspecified atom stereocenters. The third kappa shape index (κ3) is 1.87. The molecule has 0 aliphatic carbocycles. The van der Waals surface area contributed by atoms with Crippen molar-refractivity contribution in [1.82, 2.24) is 4.98 Å². The number of nitrogens with zero attached hydrogens (tertiary/aromatic N) is 1. The Morgan fingerprint density at radius 3 is 2.55 bits per heavy atom. The monoisotopic (exact) mass is 241 g/mol. The molecule has 5 heteroatoms. The van der Waals surface area contributed by atoms with Gasteiger partial charge in [-0.1, -0.05) is 11.6 Å². The molecule has 0 atom stereocenters. The van der Waals surface area contributed by atoms with Gasteiger partial charge < -0.3 is 0 Å². The van der Waals surface area contributed by atoms with Crippen molar-refractivity contribution in [2.45, 2.75) is 6.43 Å². The van der Waals surface area contributed by atoms with E-state index in [-0.39, 0.29) is 15.2 Å². The van der Waals surface area contributed by atoms with E-state index in [0.717, 1.165) is 0 Å². The van der Waals surface area contributed by atoms with E-state index in [0.29, 0.717) is 0 Å². The Balaban J connectivity index is 3.21. The van der Waals surface area contributed by atoms with Crippen LogP contribution in [-0.2, 0) is 0 Å². The number of pyridine rings is 1. The van der Waals surface area contributed by atoms with Crippen molar-refractivity contribution in [1.29, 1.82) is 0 Å². The molecule has 0 radical (unpaired) electrons. The van der Waals surface area contributed by atoms with E-state index in [9.17, 15) is 8.78 Å². The minimum atomic E-state index is -2.59. The summed E-state index contributed by atoms with van der Waals surface area (Å²) in [6.45, 7) is 0. The first-order valence-electron chi connectivity index (χ1n) is 2.71. The number of alkyl halides is 2. The predicted molar refractivity (Wildman–Crippen MR) is 41.9 cm³/mol. The van der Waals surface area contributed by atoms with E-state index in [2.05, 4.69) is 20.9 Å². The fraction of sp³-hybridized carbons (Fsp3) is 0.167. The van der Waals surface area contributed by atoms with Crippen LogP contribution in [0.5, 0.6) is 0 Å². The predicted octanol–water partition coefficient (Wildman–Crippen LogP) is 3.44. The Morgan fingerprint density at radius 1 is 1.55 bits per heavy atom. The van der Waals surface area contributed by atoms with E-state index in [1.807, 2.05) is 0 Å². The smallest absolute Gasteiger partial charge is 0.249 e. The summed E-state index contributed by atoms with van der Waals surface area (Å²) in [5, 5.41) is 0.0295. The molecular formula is C6H3BrClF2N. The maximum absolute atomic E-state index is 12.1. The maximum Gasteiger partial charge on any atom is 0.267 e. The van der Waals surface area contributed by atoms with Crippen LogP contribution >= 0.6 is 27.5 Å². The lowest BCUT2D eigenvalue weighted by Crippen LogP contribution is -1.89. The average Bonchev–Trinajstić information content (AvgIpc) is 1.85. The topological polar surface area (TPSA) is 12.9 Å². The van der Waals surface area contributed by atoms with Gasteiger partial charge in [0, 0.05) is 6.20 Å². The normalized spacial score (nSPS) is 10.6. The first-order chi connectivity index (χ1) is 5.13. The molecular weight excluding hydrogens is 239 g/mol. The van der Waals surface area contributed by atoms with Crippen molar-refractivity contribution in [3.63, 3.8) is 0 Å². The zero-order chi connectivity index (χ0) is 8.43. The number of hydrogen-bond donors (Lipinski definition) is 0. The molecule has 1 nitrogen and oxygen atoms in total. The molecule has 0 bridgehead atoms. The van der Waals surface area contributed by atoms with E-state index in [1.54, 1.807) is 0 Å². The van der Waals surface area contributed by atoms with E-state index < -0.39 is 6.43 Å². The van der Waals surface area contributed by atoms with Gasteiger partial charge in [0.15, 0.2) is 0 Å². The maximum atomic E-state index is 12.1. The molecule has 0 spiro atoms. The largest absolute Gasteiger partial charge is 0.267 e. The quantitative estimate of drug-likeness (QED) is 0.688. The lowest BCUT2D eigenvalue weighted by molar-refractivity contribution is 0.150. The van der Waals surface area contributed by atoms with Crippen molar-refractivity contribution in [2.75, 3.05) is 0 Å². The van der Waals surface area contributed by atoms with Crippen LogP contribution in [0.2, 0.25) is 5.02 Å². The lowest BCUT2D eigenvalue weighted by atomic mass is 10.3. The summed E-state index contributed by atoms with van der Waals surface area (Å²) < 4.78 is 24.4. The first kappa shape index (κ1) is 8.87. The molecule has 1 heterocycles. The molecule has 0 N–H and O–H groups in total. The van der Waals surface area contributed by atoms with Gasteiger partial charge in [-0.2, -0.15) is 0 Å². The summed E-state index contributed by atoms with van der Waals surface area (Å²) >= 11 is 8.35. The van der Waals surface area contributed by atoms with Crippen molar-refractivity contribution in [2.24, 2.45) is 0 Å². The van der Waals surface area contributed by atoms with Crippen LogP contribution in [0.3, 0.4) is 0 Å². The molecule has 0 saturated heterocycles. The summed E-state index contributed by atoms with van der Waals surface area (Å²) in [7, 11) is 0. The van der Waals surface area contributed by atoms with Gasteiger partial charge in [-0.25, -0.2) is 13.8 Å². The number of halogens is 4. The van der Waals surface area contributed by atoms with Gasteiger partial charge in [-0.05, 0) is 22.0 Å². The second-order valence-corrected chi connectivity index (χ2v) is 2.96. The Bertz CT molecular complexity index is 247. The Hall–Kier alpha value is -0.220. The Labute approximate surface area is 75.5 Å². The minimum Gasteiger partial charge on any atom is -0.249 e. The fourth-order valence-electron chi connectivity index (χ4n) is 0.620. The van der Waals surface area contributed by atoms with Crippen molar-refractivity contribution in [3.05, 3.63) is 27.5 Å². The highest BCUT2D eigenvalue weighted by Crippen LogP contribution is 2.31. The van der Waals surface area contributed by atoms with Gasteiger partial charge in [0.2, 0.25) is 0 Å². The molecule has 0 aliphatic heterocycles. The molecule has 0 fully saturated rings. The highest BCUT2D eigenvalue weighted by Gasteiger charge is 2.15. The van der Waals surface area contributed by atoms with Gasteiger partial charge in [0.1, 0.15) is 4.60 Å². The van der Waals surface area contributed by atoms with Gasteiger partial charge in [-0.3, -0.25) is 0 Å². The molecule has 0 aliphatic rings. The number of hydrogen-bond acceptors (Lipinski definition) is 1. The highest BCUT2D eigenvalue weighted by atomic mass is 79.9.